The molecule has 0 aliphatic carbocycles. The Balaban J connectivity index is 4.01. The van der Waals surface area contributed by atoms with Gasteiger partial charge in [-0.05, 0) is 24.7 Å². The lowest BCUT2D eigenvalue weighted by molar-refractivity contribution is 0.535. The van der Waals surface area contributed by atoms with Crippen LogP contribution in [0.3, 0.4) is 0 Å². The zero-order valence-corrected chi connectivity index (χ0v) is 8.75. The average Bonchev–Trinajstić information content (AvgIpc) is 2.10. The molecule has 0 bridgehead atoms. The summed E-state index contributed by atoms with van der Waals surface area (Å²) in [6, 6.07) is 0. The second kappa shape index (κ2) is 7.08. The first kappa shape index (κ1) is 11.4. The van der Waals surface area contributed by atoms with Crippen LogP contribution in [0.25, 0.3) is 0 Å². The van der Waals surface area contributed by atoms with Crippen LogP contribution in [-0.2, 0) is 0 Å². The highest BCUT2D eigenvalue weighted by molar-refractivity contribution is 5.61. The van der Waals surface area contributed by atoms with Crippen molar-refractivity contribution in [1.29, 1.82) is 0 Å². The van der Waals surface area contributed by atoms with Crippen LogP contribution in [0.4, 0.5) is 0 Å². The molecule has 0 saturated heterocycles. The highest BCUT2D eigenvalue weighted by atomic mass is 14.6. The summed E-state index contributed by atoms with van der Waals surface area (Å²) in [6.45, 7) is 6.63. The molecule has 0 saturated carbocycles. The second-order valence-electron chi connectivity index (χ2n) is 3.17. The number of rotatable bonds is 5. The highest BCUT2D eigenvalue weighted by Gasteiger charge is 2.08. The third kappa shape index (κ3) is 4.32. The molecule has 12 heavy (non-hydrogen) atoms. The lowest BCUT2D eigenvalue weighted by atomic mass is 9.92. The first-order chi connectivity index (χ1) is 5.76. The van der Waals surface area contributed by atoms with E-state index in [2.05, 4.69) is 44.1 Å². The maximum atomic E-state index is 4.08. The van der Waals surface area contributed by atoms with Gasteiger partial charge in [0.15, 0.2) is 0 Å². The molecule has 0 aromatic carbocycles. The Kier molecular flexibility index (Phi) is 6.73. The molecule has 2 atom stereocenters. The van der Waals surface area contributed by atoms with Crippen LogP contribution in [0.15, 0.2) is 17.1 Å². The minimum Gasteiger partial charge on any atom is -0.301 e. The van der Waals surface area contributed by atoms with Gasteiger partial charge in [-0.25, -0.2) is 0 Å². The van der Waals surface area contributed by atoms with E-state index in [1.807, 2.05) is 7.05 Å². The summed E-state index contributed by atoms with van der Waals surface area (Å²) in [5.74, 6) is 1.23. The Labute approximate surface area is 76.6 Å². The molecule has 1 heteroatoms. The highest BCUT2D eigenvalue weighted by Crippen LogP contribution is 2.14. The third-order valence-electron chi connectivity index (χ3n) is 2.16. The van der Waals surface area contributed by atoms with E-state index >= 15 is 0 Å². The number of hydrogen-bond acceptors (Lipinski definition) is 1. The maximum Gasteiger partial charge on any atom is 0.0273 e. The van der Waals surface area contributed by atoms with E-state index in [4.69, 9.17) is 0 Å². The molecule has 0 aliphatic heterocycles. The van der Waals surface area contributed by atoms with E-state index < -0.39 is 0 Å². The Bertz CT molecular complexity index is 147. The standard InChI is InChI=1S/C11H21N/c1-5-7-8-10(3)11(6-2)9-12-4/h7-11H,5-6H2,1-4H3. The lowest BCUT2D eigenvalue weighted by Gasteiger charge is -2.14. The first-order valence-electron chi connectivity index (χ1n) is 4.85. The summed E-state index contributed by atoms with van der Waals surface area (Å²) in [6.07, 6.45) is 8.88. The van der Waals surface area contributed by atoms with Gasteiger partial charge in [-0.3, -0.25) is 0 Å². The fourth-order valence-corrected chi connectivity index (χ4v) is 1.30. The van der Waals surface area contributed by atoms with Crippen molar-refractivity contribution in [1.82, 2.24) is 0 Å². The van der Waals surface area contributed by atoms with Crippen molar-refractivity contribution < 1.29 is 0 Å². The van der Waals surface area contributed by atoms with E-state index in [9.17, 15) is 0 Å². The minimum atomic E-state index is 0.609. The largest absolute Gasteiger partial charge is 0.301 e. The monoisotopic (exact) mass is 167 g/mol. The smallest absolute Gasteiger partial charge is 0.0273 e. The van der Waals surface area contributed by atoms with Gasteiger partial charge in [0, 0.05) is 13.3 Å². The molecular weight excluding hydrogens is 146 g/mol. The van der Waals surface area contributed by atoms with Gasteiger partial charge in [0.05, 0.1) is 0 Å². The molecule has 2 unspecified atom stereocenters. The van der Waals surface area contributed by atoms with Crippen molar-refractivity contribution in [2.24, 2.45) is 16.8 Å². The van der Waals surface area contributed by atoms with Crippen molar-refractivity contribution in [3.05, 3.63) is 12.2 Å². The second-order valence-corrected chi connectivity index (χ2v) is 3.17. The normalized spacial score (nSPS) is 17.3. The molecule has 0 amide bonds. The van der Waals surface area contributed by atoms with Crippen LogP contribution in [0, 0.1) is 11.8 Å². The molecule has 0 aromatic rings. The summed E-state index contributed by atoms with van der Waals surface area (Å²) >= 11 is 0. The topological polar surface area (TPSA) is 12.4 Å². The van der Waals surface area contributed by atoms with E-state index in [0.717, 1.165) is 6.42 Å². The van der Waals surface area contributed by atoms with Gasteiger partial charge in [-0.2, -0.15) is 0 Å². The van der Waals surface area contributed by atoms with Crippen molar-refractivity contribution in [3.63, 3.8) is 0 Å². The van der Waals surface area contributed by atoms with Crippen molar-refractivity contribution in [3.8, 4) is 0 Å². The fraction of sp³-hybridized carbons (Fsp3) is 0.727. The van der Waals surface area contributed by atoms with E-state index in [-0.39, 0.29) is 0 Å². The Morgan fingerprint density at radius 1 is 1.33 bits per heavy atom. The number of aliphatic imine (C=N–C) groups is 1. The summed E-state index contributed by atoms with van der Waals surface area (Å²) in [5, 5.41) is 0. The molecular formula is C11H21N. The van der Waals surface area contributed by atoms with Crippen LogP contribution >= 0.6 is 0 Å². The molecule has 0 spiro atoms. The predicted molar refractivity (Wildman–Crippen MR) is 56.8 cm³/mol. The van der Waals surface area contributed by atoms with E-state index in [0.29, 0.717) is 11.8 Å². The summed E-state index contributed by atoms with van der Waals surface area (Å²) < 4.78 is 0. The van der Waals surface area contributed by atoms with Crippen LogP contribution in [0.1, 0.15) is 33.6 Å². The van der Waals surface area contributed by atoms with Crippen molar-refractivity contribution in [2.75, 3.05) is 7.05 Å². The number of allylic oxidation sites excluding steroid dienone is 2. The molecule has 0 aromatic heterocycles. The first-order valence-corrected chi connectivity index (χ1v) is 4.85. The third-order valence-corrected chi connectivity index (χ3v) is 2.16. The SMILES string of the molecule is CCC=CC(C)C(C=NC)CC. The fourth-order valence-electron chi connectivity index (χ4n) is 1.30. The molecule has 1 nitrogen and oxygen atoms in total. The van der Waals surface area contributed by atoms with Gasteiger partial charge in [0.2, 0.25) is 0 Å². The zero-order chi connectivity index (χ0) is 9.40. The molecule has 0 N–H and O–H groups in total. The molecule has 0 rings (SSSR count). The summed E-state index contributed by atoms with van der Waals surface area (Å²) in [5.41, 5.74) is 0. The van der Waals surface area contributed by atoms with Gasteiger partial charge in [0.1, 0.15) is 0 Å². The average molecular weight is 167 g/mol. The van der Waals surface area contributed by atoms with Crippen LogP contribution in [-0.4, -0.2) is 13.3 Å². The zero-order valence-electron chi connectivity index (χ0n) is 8.75. The van der Waals surface area contributed by atoms with Gasteiger partial charge in [-0.1, -0.05) is 32.9 Å². The summed E-state index contributed by atoms with van der Waals surface area (Å²) in [4.78, 5) is 4.08. The summed E-state index contributed by atoms with van der Waals surface area (Å²) in [7, 11) is 1.85. The molecule has 0 radical (unpaired) electrons. The minimum absolute atomic E-state index is 0.609. The molecule has 70 valence electrons. The molecule has 0 fully saturated rings. The number of nitrogens with zero attached hydrogens (tertiary/aromatic N) is 1. The van der Waals surface area contributed by atoms with E-state index in [1.54, 1.807) is 0 Å². The Morgan fingerprint density at radius 2 is 2.00 bits per heavy atom. The predicted octanol–water partition coefficient (Wildman–Crippen LogP) is 3.32. The molecule has 0 aliphatic rings. The lowest BCUT2D eigenvalue weighted by Crippen LogP contribution is -2.09. The molecule has 0 heterocycles. The van der Waals surface area contributed by atoms with Crippen LogP contribution in [0.2, 0.25) is 0 Å². The van der Waals surface area contributed by atoms with Gasteiger partial charge in [0.25, 0.3) is 0 Å². The van der Waals surface area contributed by atoms with Crippen molar-refractivity contribution >= 4 is 6.21 Å². The quantitative estimate of drug-likeness (QED) is 0.440. The Hall–Kier alpha value is -0.590. The maximum absolute atomic E-state index is 4.08. The van der Waals surface area contributed by atoms with Crippen LogP contribution < -0.4 is 0 Å². The van der Waals surface area contributed by atoms with Gasteiger partial charge >= 0.3 is 0 Å². The van der Waals surface area contributed by atoms with E-state index in [1.165, 1.54) is 6.42 Å². The van der Waals surface area contributed by atoms with Crippen molar-refractivity contribution in [2.45, 2.75) is 33.6 Å². The van der Waals surface area contributed by atoms with Gasteiger partial charge in [-0.15, -0.1) is 0 Å². The van der Waals surface area contributed by atoms with Crippen LogP contribution in [0.5, 0.6) is 0 Å². The Morgan fingerprint density at radius 3 is 2.42 bits per heavy atom. The number of hydrogen-bond donors (Lipinski definition) is 0. The van der Waals surface area contributed by atoms with Gasteiger partial charge < -0.3 is 4.99 Å².